The van der Waals surface area contributed by atoms with Crippen LogP contribution >= 0.6 is 0 Å². The zero-order valence-electron chi connectivity index (χ0n) is 4.46. The molecule has 0 aliphatic rings. The van der Waals surface area contributed by atoms with E-state index in [4.69, 9.17) is 0 Å². The Morgan fingerprint density at radius 3 is 2.50 bits per heavy atom. The van der Waals surface area contributed by atoms with E-state index in [2.05, 4.69) is 0 Å². The molecule has 0 rings (SSSR count). The molecule has 3 heteroatoms. The molecular formula is C5H7O2Rh-. The standard InChI is InChI=1S/C5H7.2O.Rh/c1-3-5-4-2;;;/h1,3-5H,2H3;;;/q;;-1;/b3-1?,5-4+;;;. The summed E-state index contributed by atoms with van der Waals surface area (Å²) in [5, 5.41) is 0. The van der Waals surface area contributed by atoms with E-state index < -0.39 is 16.3 Å². The molecule has 0 amide bonds. The second-order valence-corrected chi connectivity index (χ2v) is 2.63. The predicted molar refractivity (Wildman–Crippen MR) is 24.6 cm³/mol. The minimum atomic E-state index is -2.86. The molecule has 8 heavy (non-hydrogen) atoms. The molecule has 0 radical (unpaired) electrons. The molecule has 0 fully saturated rings. The van der Waals surface area contributed by atoms with Crippen molar-refractivity contribution in [3.63, 3.8) is 0 Å². The normalized spacial score (nSPS) is 13.5. The third-order valence-corrected chi connectivity index (χ3v) is 1.22. The van der Waals surface area contributed by atoms with E-state index in [1.165, 1.54) is 10.7 Å². The summed E-state index contributed by atoms with van der Waals surface area (Å²) in [7, 11) is 0. The topological polar surface area (TPSA) is 40.1 Å². The molecule has 2 nitrogen and oxygen atoms in total. The molecule has 0 aliphatic heterocycles. The first-order valence-corrected chi connectivity index (χ1v) is 4.33. The summed E-state index contributed by atoms with van der Waals surface area (Å²) in [6, 6.07) is 0. The Labute approximate surface area is 54.1 Å². The Morgan fingerprint density at radius 1 is 1.50 bits per heavy atom. The van der Waals surface area contributed by atoms with Crippen molar-refractivity contribution in [2.45, 2.75) is 6.92 Å². The number of hydrogen-bond acceptors (Lipinski definition) is 2. The van der Waals surface area contributed by atoms with Crippen molar-refractivity contribution in [1.82, 2.24) is 0 Å². The van der Waals surface area contributed by atoms with Gasteiger partial charge in [-0.05, 0) is 0 Å². The Kier molecular flexibility index (Phi) is 4.92. The van der Waals surface area contributed by atoms with Crippen molar-refractivity contribution in [2.24, 2.45) is 0 Å². The van der Waals surface area contributed by atoms with Crippen LogP contribution in [0.1, 0.15) is 6.92 Å². The predicted octanol–water partition coefficient (Wildman–Crippen LogP) is 0.315. The first kappa shape index (κ1) is 7.86. The first-order valence-electron chi connectivity index (χ1n) is 2.04. The second-order valence-electron chi connectivity index (χ2n) is 1.04. The van der Waals surface area contributed by atoms with Gasteiger partial charge in [0.25, 0.3) is 0 Å². The molecule has 0 aromatic carbocycles. The fourth-order valence-corrected chi connectivity index (χ4v) is 0.640. The van der Waals surface area contributed by atoms with E-state index in [9.17, 15) is 7.51 Å². The molecule has 0 aliphatic carbocycles. The molecule has 0 spiro atoms. The second kappa shape index (κ2) is 5.01. The summed E-state index contributed by atoms with van der Waals surface area (Å²) in [6.07, 6.45) is 4.95. The summed E-state index contributed by atoms with van der Waals surface area (Å²) in [4.78, 5) is 0. The molecule has 0 bridgehead atoms. The average molecular weight is 202 g/mol. The average Bonchev–Trinajstić information content (AvgIpc) is 1.66. The van der Waals surface area contributed by atoms with Gasteiger partial charge in [-0.1, -0.05) is 0 Å². The van der Waals surface area contributed by atoms with Gasteiger partial charge in [-0.2, -0.15) is 0 Å². The number of allylic oxidation sites excluding steroid dienone is 3. The molecule has 0 N–H and O–H groups in total. The molecular weight excluding hydrogens is 195 g/mol. The Morgan fingerprint density at radius 2 is 2.12 bits per heavy atom. The van der Waals surface area contributed by atoms with E-state index >= 15 is 0 Å². The zero-order chi connectivity index (χ0) is 6.41. The van der Waals surface area contributed by atoms with E-state index in [0.29, 0.717) is 0 Å². The van der Waals surface area contributed by atoms with Crippen LogP contribution in [0, 0.1) is 0 Å². The quantitative estimate of drug-likeness (QED) is 0.477. The van der Waals surface area contributed by atoms with Crippen LogP contribution in [0.5, 0.6) is 0 Å². The van der Waals surface area contributed by atoms with Crippen molar-refractivity contribution < 1.29 is 23.8 Å². The van der Waals surface area contributed by atoms with Gasteiger partial charge in [0, 0.05) is 0 Å². The van der Waals surface area contributed by atoms with Crippen molar-refractivity contribution in [3.05, 3.63) is 22.9 Å². The van der Waals surface area contributed by atoms with Crippen LogP contribution in [0.25, 0.3) is 0 Å². The molecule has 0 saturated heterocycles. The molecule has 0 heterocycles. The molecule has 0 unspecified atom stereocenters. The number of hydrogen-bond donors (Lipinski definition) is 0. The minimum absolute atomic E-state index is 1.19. The summed E-state index contributed by atoms with van der Waals surface area (Å²) in [6.45, 7) is 1.83. The Bertz CT molecular complexity index is 126. The van der Waals surface area contributed by atoms with Gasteiger partial charge in [-0.15, -0.1) is 0 Å². The third kappa shape index (κ3) is 5.86. The maximum absolute atomic E-state index is 9.86. The SMILES string of the molecule is C/C=C/C=[CH]/[Rh](=[O])[O-]. The molecule has 0 aromatic heterocycles. The molecule has 0 saturated carbocycles. The molecule has 0 aromatic rings. The van der Waals surface area contributed by atoms with Crippen LogP contribution < -0.4 is 3.93 Å². The third-order valence-electron chi connectivity index (χ3n) is 0.458. The number of rotatable bonds is 2. The van der Waals surface area contributed by atoms with Crippen LogP contribution in [0.3, 0.4) is 0 Å². The summed E-state index contributed by atoms with van der Waals surface area (Å²) in [5.74, 6) is 0. The summed E-state index contributed by atoms with van der Waals surface area (Å²) < 4.78 is 20.9. The van der Waals surface area contributed by atoms with Crippen molar-refractivity contribution in [1.29, 1.82) is 0 Å². The van der Waals surface area contributed by atoms with E-state index in [1.54, 1.807) is 12.2 Å². The first-order chi connectivity index (χ1) is 3.77. The van der Waals surface area contributed by atoms with Crippen molar-refractivity contribution >= 4 is 0 Å². The fraction of sp³-hybridized carbons (Fsp3) is 0.200. The van der Waals surface area contributed by atoms with Gasteiger partial charge in [0.05, 0.1) is 0 Å². The van der Waals surface area contributed by atoms with Gasteiger partial charge in [0.2, 0.25) is 0 Å². The maximum atomic E-state index is 9.86. The van der Waals surface area contributed by atoms with Gasteiger partial charge < -0.3 is 0 Å². The Balaban J connectivity index is 3.50. The van der Waals surface area contributed by atoms with Gasteiger partial charge in [-0.25, -0.2) is 0 Å². The van der Waals surface area contributed by atoms with Gasteiger partial charge in [0.1, 0.15) is 0 Å². The Hall–Kier alpha value is -0.137. The van der Waals surface area contributed by atoms with E-state index in [0.717, 1.165) is 0 Å². The monoisotopic (exact) mass is 202 g/mol. The van der Waals surface area contributed by atoms with Crippen LogP contribution in [0.15, 0.2) is 22.9 Å². The van der Waals surface area contributed by atoms with Crippen LogP contribution in [-0.2, 0) is 19.8 Å². The molecule has 49 valence electrons. The summed E-state index contributed by atoms with van der Waals surface area (Å²) in [5.41, 5.74) is 0. The van der Waals surface area contributed by atoms with E-state index in [-0.39, 0.29) is 0 Å². The zero-order valence-corrected chi connectivity index (χ0v) is 6.10. The van der Waals surface area contributed by atoms with Crippen LogP contribution in [0.2, 0.25) is 0 Å². The van der Waals surface area contributed by atoms with Crippen LogP contribution in [-0.4, -0.2) is 0 Å². The van der Waals surface area contributed by atoms with Gasteiger partial charge in [-0.3, -0.25) is 0 Å². The van der Waals surface area contributed by atoms with Crippen molar-refractivity contribution in [2.75, 3.05) is 0 Å². The summed E-state index contributed by atoms with van der Waals surface area (Å²) >= 11 is -2.86. The molecule has 0 atom stereocenters. The van der Waals surface area contributed by atoms with Crippen molar-refractivity contribution in [3.8, 4) is 0 Å². The van der Waals surface area contributed by atoms with E-state index in [1.807, 2.05) is 6.92 Å². The van der Waals surface area contributed by atoms with Crippen LogP contribution in [0.4, 0.5) is 0 Å². The van der Waals surface area contributed by atoms with Gasteiger partial charge in [0.15, 0.2) is 0 Å². The van der Waals surface area contributed by atoms with Gasteiger partial charge >= 0.3 is 53.6 Å². The fourth-order valence-electron chi connectivity index (χ4n) is 0.201.